The molecule has 2 atom stereocenters. The number of nitrogens with one attached hydrogen (secondary N) is 1. The Bertz CT molecular complexity index is 1250. The Morgan fingerprint density at radius 1 is 1.11 bits per heavy atom. The summed E-state index contributed by atoms with van der Waals surface area (Å²) in [5, 5.41) is 12.2. The molecule has 9 nitrogen and oxygen atoms in total. The number of carboxylic acids is 1. The molecule has 0 saturated carbocycles. The molecule has 5 rings (SSSR count). The van der Waals surface area contributed by atoms with E-state index in [1.807, 2.05) is 36.4 Å². The van der Waals surface area contributed by atoms with Crippen molar-refractivity contribution in [1.29, 1.82) is 0 Å². The molecule has 35 heavy (non-hydrogen) atoms. The Morgan fingerprint density at radius 2 is 1.77 bits per heavy atom. The number of aliphatic carboxylic acids is 1. The number of anilines is 1. The number of benzene rings is 2. The summed E-state index contributed by atoms with van der Waals surface area (Å²) in [5.74, 6) is -1.62. The smallest absolute Gasteiger partial charge is 0.413 e. The minimum Gasteiger partial charge on any atom is -0.480 e. The Balaban J connectivity index is 1.23. The number of thiazole rings is 1. The van der Waals surface area contributed by atoms with Gasteiger partial charge in [-0.25, -0.2) is 14.6 Å². The number of likely N-dealkylation sites (tertiary alicyclic amines) is 1. The summed E-state index contributed by atoms with van der Waals surface area (Å²) in [6.07, 6.45) is 0.530. The van der Waals surface area contributed by atoms with E-state index >= 15 is 0 Å². The van der Waals surface area contributed by atoms with E-state index in [0.717, 1.165) is 33.6 Å². The molecule has 1 aromatic heterocycles. The van der Waals surface area contributed by atoms with Gasteiger partial charge in [-0.05, 0) is 22.3 Å². The second kappa shape index (κ2) is 9.47. The second-order valence-corrected chi connectivity index (χ2v) is 9.42. The molecule has 2 aliphatic rings. The van der Waals surface area contributed by atoms with Gasteiger partial charge < -0.3 is 19.5 Å². The minimum atomic E-state index is -1.08. The van der Waals surface area contributed by atoms with Gasteiger partial charge >= 0.3 is 12.1 Å². The van der Waals surface area contributed by atoms with Crippen molar-refractivity contribution < 1.29 is 29.0 Å². The van der Waals surface area contributed by atoms with Crippen LogP contribution >= 0.6 is 11.3 Å². The van der Waals surface area contributed by atoms with Crippen LogP contribution < -0.4 is 5.32 Å². The summed E-state index contributed by atoms with van der Waals surface area (Å²) < 4.78 is 10.8. The van der Waals surface area contributed by atoms with Gasteiger partial charge in [0.25, 0.3) is 5.91 Å². The van der Waals surface area contributed by atoms with Crippen molar-refractivity contribution in [3.63, 3.8) is 0 Å². The lowest BCUT2D eigenvalue weighted by molar-refractivity contribution is -0.141. The summed E-state index contributed by atoms with van der Waals surface area (Å²) >= 11 is 0.966. The fourth-order valence-corrected chi connectivity index (χ4v) is 5.48. The Labute approximate surface area is 205 Å². The lowest BCUT2D eigenvalue weighted by Gasteiger charge is -2.20. The summed E-state index contributed by atoms with van der Waals surface area (Å²) in [6.45, 7) is 0.336. The number of aromatic nitrogens is 1. The first-order valence-electron chi connectivity index (χ1n) is 11.1. The molecule has 2 amide bonds. The molecule has 2 heterocycles. The largest absolute Gasteiger partial charge is 0.480 e. The predicted octanol–water partition coefficient (Wildman–Crippen LogP) is 3.82. The average molecular weight is 494 g/mol. The molecular formula is C25H23N3O6S. The van der Waals surface area contributed by atoms with Gasteiger partial charge in [0.05, 0.1) is 12.3 Å². The standard InChI is InChI=1S/C25H23N3O6S/c1-33-14-10-20(23(30)31)28(12-14)22(29)21-11-26-24(35-21)27-25(32)34-13-19-17-8-4-2-6-15(17)16-7-3-5-9-18(16)19/h2-9,11,14,19-20H,10,12-13H2,1H3,(H,30,31)(H,26,27,32). The number of amides is 2. The molecule has 0 radical (unpaired) electrons. The van der Waals surface area contributed by atoms with Crippen molar-refractivity contribution in [3.8, 4) is 11.1 Å². The molecule has 1 fully saturated rings. The Morgan fingerprint density at radius 3 is 2.40 bits per heavy atom. The number of carbonyl (C=O) groups excluding carboxylic acids is 2. The number of ether oxygens (including phenoxy) is 2. The lowest BCUT2D eigenvalue weighted by atomic mass is 9.98. The topological polar surface area (TPSA) is 118 Å². The van der Waals surface area contributed by atoms with Crippen LogP contribution in [0.5, 0.6) is 0 Å². The second-order valence-electron chi connectivity index (χ2n) is 8.39. The summed E-state index contributed by atoms with van der Waals surface area (Å²) in [4.78, 5) is 42.5. The third-order valence-corrected chi connectivity index (χ3v) is 7.31. The number of hydrogen-bond donors (Lipinski definition) is 2. The number of fused-ring (bicyclic) bond motifs is 3. The van der Waals surface area contributed by atoms with Crippen molar-refractivity contribution >= 4 is 34.4 Å². The van der Waals surface area contributed by atoms with E-state index in [9.17, 15) is 19.5 Å². The van der Waals surface area contributed by atoms with E-state index in [1.165, 1.54) is 18.2 Å². The first-order chi connectivity index (χ1) is 17.0. The van der Waals surface area contributed by atoms with Gasteiger partial charge in [-0.2, -0.15) is 0 Å². The van der Waals surface area contributed by atoms with Crippen molar-refractivity contribution in [3.05, 3.63) is 70.7 Å². The van der Waals surface area contributed by atoms with Crippen LogP contribution in [-0.4, -0.2) is 65.4 Å². The van der Waals surface area contributed by atoms with Crippen molar-refractivity contribution in [2.45, 2.75) is 24.5 Å². The summed E-state index contributed by atoms with van der Waals surface area (Å²) in [7, 11) is 1.49. The molecular weight excluding hydrogens is 470 g/mol. The van der Waals surface area contributed by atoms with Crippen LogP contribution in [0.4, 0.5) is 9.93 Å². The SMILES string of the molecule is COC1CC(C(=O)O)N(C(=O)c2cnc(NC(=O)OCC3c4ccccc4-c4ccccc43)s2)C1. The van der Waals surface area contributed by atoms with Crippen LogP contribution in [0.2, 0.25) is 0 Å². The number of rotatable bonds is 6. The van der Waals surface area contributed by atoms with Crippen molar-refractivity contribution in [2.75, 3.05) is 25.6 Å². The summed E-state index contributed by atoms with van der Waals surface area (Å²) in [6, 6.07) is 15.2. The lowest BCUT2D eigenvalue weighted by Crippen LogP contribution is -2.40. The molecule has 10 heteroatoms. The highest BCUT2D eigenvalue weighted by atomic mass is 32.1. The van der Waals surface area contributed by atoms with Gasteiger partial charge in [0, 0.05) is 26.0 Å². The number of hydrogen-bond acceptors (Lipinski definition) is 7. The molecule has 1 aliphatic carbocycles. The Kier molecular flexibility index (Phi) is 6.23. The number of carbonyl (C=O) groups is 3. The van der Waals surface area contributed by atoms with Crippen LogP contribution in [0.1, 0.15) is 33.1 Å². The molecule has 1 aliphatic heterocycles. The van der Waals surface area contributed by atoms with E-state index in [0.29, 0.717) is 0 Å². The predicted molar refractivity (Wildman–Crippen MR) is 129 cm³/mol. The fourth-order valence-electron chi connectivity index (χ4n) is 4.72. The van der Waals surface area contributed by atoms with Crippen LogP contribution in [-0.2, 0) is 14.3 Å². The monoisotopic (exact) mass is 493 g/mol. The number of nitrogens with zero attached hydrogens (tertiary/aromatic N) is 2. The van der Waals surface area contributed by atoms with Gasteiger partial charge in [-0.15, -0.1) is 0 Å². The molecule has 0 spiro atoms. The first-order valence-corrected chi connectivity index (χ1v) is 11.9. The molecule has 180 valence electrons. The molecule has 2 aromatic carbocycles. The Hall–Kier alpha value is -3.76. The van der Waals surface area contributed by atoms with Gasteiger partial charge in [-0.1, -0.05) is 59.9 Å². The molecule has 2 unspecified atom stereocenters. The van der Waals surface area contributed by atoms with Crippen molar-refractivity contribution in [1.82, 2.24) is 9.88 Å². The van der Waals surface area contributed by atoms with E-state index in [4.69, 9.17) is 9.47 Å². The maximum absolute atomic E-state index is 12.9. The zero-order valence-corrected chi connectivity index (χ0v) is 19.7. The van der Waals surface area contributed by atoms with Crippen LogP contribution in [0.25, 0.3) is 11.1 Å². The molecule has 0 bridgehead atoms. The van der Waals surface area contributed by atoms with E-state index in [1.54, 1.807) is 0 Å². The number of methoxy groups -OCH3 is 1. The molecule has 1 saturated heterocycles. The van der Waals surface area contributed by atoms with Gasteiger partial charge in [0.2, 0.25) is 0 Å². The zero-order chi connectivity index (χ0) is 24.5. The highest BCUT2D eigenvalue weighted by molar-refractivity contribution is 7.17. The maximum Gasteiger partial charge on any atom is 0.413 e. The van der Waals surface area contributed by atoms with Gasteiger partial charge in [0.15, 0.2) is 5.13 Å². The maximum atomic E-state index is 12.9. The quantitative estimate of drug-likeness (QED) is 0.536. The fraction of sp³-hybridized carbons (Fsp3) is 0.280. The average Bonchev–Trinajstić information content (AvgIpc) is 3.58. The molecule has 3 aromatic rings. The van der Waals surface area contributed by atoms with Crippen LogP contribution in [0.3, 0.4) is 0 Å². The highest BCUT2D eigenvalue weighted by Crippen LogP contribution is 2.44. The first kappa shape index (κ1) is 23.0. The highest BCUT2D eigenvalue weighted by Gasteiger charge is 2.40. The molecule has 2 N–H and O–H groups in total. The van der Waals surface area contributed by atoms with E-state index in [2.05, 4.69) is 22.4 Å². The zero-order valence-electron chi connectivity index (χ0n) is 18.8. The van der Waals surface area contributed by atoms with Crippen LogP contribution in [0.15, 0.2) is 54.7 Å². The third-order valence-electron chi connectivity index (χ3n) is 6.41. The van der Waals surface area contributed by atoms with E-state index in [-0.39, 0.29) is 41.6 Å². The van der Waals surface area contributed by atoms with Gasteiger partial charge in [0.1, 0.15) is 17.5 Å². The van der Waals surface area contributed by atoms with Crippen molar-refractivity contribution in [2.24, 2.45) is 0 Å². The summed E-state index contributed by atoms with van der Waals surface area (Å²) in [5.41, 5.74) is 4.49. The van der Waals surface area contributed by atoms with Gasteiger partial charge in [-0.3, -0.25) is 10.1 Å². The van der Waals surface area contributed by atoms with Crippen LogP contribution in [0, 0.1) is 0 Å². The third kappa shape index (κ3) is 4.38. The normalized spacial score (nSPS) is 18.7. The van der Waals surface area contributed by atoms with E-state index < -0.39 is 24.0 Å². The minimum absolute atomic E-state index is 0.0709. The number of carboxylic acid groups (broad SMARTS) is 1.